The summed E-state index contributed by atoms with van der Waals surface area (Å²) >= 11 is 1.33. The van der Waals surface area contributed by atoms with Gasteiger partial charge in [-0.2, -0.15) is 0 Å². The van der Waals surface area contributed by atoms with E-state index >= 15 is 0 Å². The summed E-state index contributed by atoms with van der Waals surface area (Å²) in [7, 11) is 0. The van der Waals surface area contributed by atoms with Crippen LogP contribution in [0.1, 0.15) is 28.2 Å². The number of rotatable bonds is 6. The predicted octanol–water partition coefficient (Wildman–Crippen LogP) is 4.03. The van der Waals surface area contributed by atoms with Gasteiger partial charge in [0.25, 0.3) is 5.91 Å². The van der Waals surface area contributed by atoms with Crippen LogP contribution >= 0.6 is 11.3 Å². The van der Waals surface area contributed by atoms with E-state index in [0.717, 1.165) is 17.7 Å². The van der Waals surface area contributed by atoms with Gasteiger partial charge in [0, 0.05) is 22.9 Å². The molecule has 162 valence electrons. The minimum atomic E-state index is -0.604. The molecule has 3 aromatic heterocycles. The van der Waals surface area contributed by atoms with Crippen LogP contribution in [0.25, 0.3) is 5.65 Å². The molecule has 0 spiro atoms. The first-order chi connectivity index (χ1) is 15.5. The quantitative estimate of drug-likeness (QED) is 0.457. The van der Waals surface area contributed by atoms with Gasteiger partial charge in [0.2, 0.25) is 11.8 Å². The standard InChI is InChI=1S/C21H17FN6O3S/c1-11-19(23-10-32-11)21(30)24-15-8-13(4-5-14(15)22)31-18-7-6-17-25-16(9-28(17)27-18)26-20(29)12-2-3-12/h4-10,12H,2-3H2,1H3,(H,24,30)(H,26,29). The molecule has 1 saturated carbocycles. The van der Waals surface area contributed by atoms with Gasteiger partial charge in [-0.15, -0.1) is 16.4 Å². The maximum atomic E-state index is 14.2. The highest BCUT2D eigenvalue weighted by Gasteiger charge is 2.30. The maximum absolute atomic E-state index is 14.2. The Kier molecular flexibility index (Phi) is 5.02. The Labute approximate surface area is 185 Å². The Morgan fingerprint density at radius 1 is 1.22 bits per heavy atom. The third-order valence-electron chi connectivity index (χ3n) is 4.86. The molecule has 0 bridgehead atoms. The highest BCUT2D eigenvalue weighted by molar-refractivity contribution is 7.09. The summed E-state index contributed by atoms with van der Waals surface area (Å²) in [6.45, 7) is 1.77. The number of fused-ring (bicyclic) bond motifs is 1. The molecular weight excluding hydrogens is 435 g/mol. The van der Waals surface area contributed by atoms with E-state index in [4.69, 9.17) is 4.74 Å². The Hall–Kier alpha value is -3.86. The number of anilines is 2. The molecule has 1 fully saturated rings. The van der Waals surface area contributed by atoms with Crippen molar-refractivity contribution in [2.75, 3.05) is 10.6 Å². The SMILES string of the molecule is Cc1scnc1C(=O)Nc1cc(Oc2ccc3nc(NC(=O)C4CC4)cn3n2)ccc1F. The van der Waals surface area contributed by atoms with Crippen molar-refractivity contribution in [2.24, 2.45) is 5.92 Å². The van der Waals surface area contributed by atoms with E-state index in [2.05, 4.69) is 25.7 Å². The predicted molar refractivity (Wildman–Crippen MR) is 116 cm³/mol. The van der Waals surface area contributed by atoms with Crippen LogP contribution in [0, 0.1) is 18.7 Å². The van der Waals surface area contributed by atoms with Crippen LogP contribution in [0.15, 0.2) is 42.0 Å². The normalized spacial score (nSPS) is 13.2. The van der Waals surface area contributed by atoms with Crippen LogP contribution < -0.4 is 15.4 Å². The van der Waals surface area contributed by atoms with Crippen molar-refractivity contribution in [1.29, 1.82) is 0 Å². The first-order valence-corrected chi connectivity index (χ1v) is 10.7. The summed E-state index contributed by atoms with van der Waals surface area (Å²) in [4.78, 5) is 33.3. The van der Waals surface area contributed by atoms with Crippen molar-refractivity contribution in [3.63, 3.8) is 0 Å². The number of halogens is 1. The van der Waals surface area contributed by atoms with E-state index in [9.17, 15) is 14.0 Å². The van der Waals surface area contributed by atoms with Gasteiger partial charge < -0.3 is 15.4 Å². The fourth-order valence-corrected chi connectivity index (χ4v) is 3.62. The zero-order valence-electron chi connectivity index (χ0n) is 16.8. The molecule has 1 aromatic carbocycles. The lowest BCUT2D eigenvalue weighted by molar-refractivity contribution is -0.117. The molecule has 4 aromatic rings. The van der Waals surface area contributed by atoms with Crippen molar-refractivity contribution < 1.29 is 18.7 Å². The summed E-state index contributed by atoms with van der Waals surface area (Å²) < 4.78 is 21.5. The summed E-state index contributed by atoms with van der Waals surface area (Å²) in [6.07, 6.45) is 3.40. The molecule has 9 nitrogen and oxygen atoms in total. The van der Waals surface area contributed by atoms with E-state index < -0.39 is 11.7 Å². The summed E-state index contributed by atoms with van der Waals surface area (Å²) in [5.41, 5.74) is 2.31. The number of aryl methyl sites for hydroxylation is 1. The number of thiazole rings is 1. The van der Waals surface area contributed by atoms with Gasteiger partial charge in [0.15, 0.2) is 11.5 Å². The van der Waals surface area contributed by atoms with Gasteiger partial charge in [-0.1, -0.05) is 0 Å². The number of benzene rings is 1. The van der Waals surface area contributed by atoms with E-state index in [0.29, 0.717) is 11.5 Å². The van der Waals surface area contributed by atoms with Gasteiger partial charge in [0.05, 0.1) is 17.4 Å². The number of hydrogen-bond acceptors (Lipinski definition) is 7. The number of imidazole rings is 1. The molecule has 2 amide bonds. The fraction of sp³-hybridized carbons (Fsp3) is 0.190. The molecule has 0 aliphatic heterocycles. The number of nitrogens with one attached hydrogen (secondary N) is 2. The zero-order chi connectivity index (χ0) is 22.2. The Bertz CT molecular complexity index is 1350. The molecule has 11 heteroatoms. The molecule has 1 aliphatic carbocycles. The van der Waals surface area contributed by atoms with Crippen LogP contribution in [-0.2, 0) is 4.79 Å². The highest BCUT2D eigenvalue weighted by atomic mass is 32.1. The minimum Gasteiger partial charge on any atom is -0.438 e. The minimum absolute atomic E-state index is 0.0336. The number of nitrogens with zero attached hydrogens (tertiary/aromatic N) is 4. The smallest absolute Gasteiger partial charge is 0.275 e. The molecule has 2 N–H and O–H groups in total. The highest BCUT2D eigenvalue weighted by Crippen LogP contribution is 2.30. The monoisotopic (exact) mass is 452 g/mol. The molecule has 5 rings (SSSR count). The van der Waals surface area contributed by atoms with Crippen molar-refractivity contribution in [2.45, 2.75) is 19.8 Å². The average molecular weight is 452 g/mol. The molecule has 0 atom stereocenters. The lowest BCUT2D eigenvalue weighted by Gasteiger charge is -2.09. The third kappa shape index (κ3) is 4.14. The third-order valence-corrected chi connectivity index (χ3v) is 5.62. The van der Waals surface area contributed by atoms with E-state index in [1.807, 2.05) is 0 Å². The van der Waals surface area contributed by atoms with Gasteiger partial charge >= 0.3 is 0 Å². The number of carbonyl (C=O) groups is 2. The van der Waals surface area contributed by atoms with Gasteiger partial charge in [-0.25, -0.2) is 18.9 Å². The molecule has 0 saturated heterocycles. The Balaban J connectivity index is 1.33. The van der Waals surface area contributed by atoms with Crippen LogP contribution in [0.5, 0.6) is 11.6 Å². The maximum Gasteiger partial charge on any atom is 0.275 e. The van der Waals surface area contributed by atoms with E-state index in [1.165, 1.54) is 34.1 Å². The Morgan fingerprint density at radius 3 is 2.81 bits per heavy atom. The molecule has 0 unspecified atom stereocenters. The number of carbonyl (C=O) groups excluding carboxylic acids is 2. The van der Waals surface area contributed by atoms with Gasteiger partial charge in [-0.3, -0.25) is 9.59 Å². The lowest BCUT2D eigenvalue weighted by atomic mass is 10.2. The van der Waals surface area contributed by atoms with Crippen LogP contribution in [0.2, 0.25) is 0 Å². The summed E-state index contributed by atoms with van der Waals surface area (Å²) in [6, 6.07) is 7.29. The topological polar surface area (TPSA) is 111 Å². The Morgan fingerprint density at radius 2 is 2.06 bits per heavy atom. The van der Waals surface area contributed by atoms with Crippen LogP contribution in [0.3, 0.4) is 0 Å². The molecule has 0 radical (unpaired) electrons. The molecule has 32 heavy (non-hydrogen) atoms. The number of aromatic nitrogens is 4. The zero-order valence-corrected chi connectivity index (χ0v) is 17.6. The van der Waals surface area contributed by atoms with Gasteiger partial charge in [0.1, 0.15) is 17.3 Å². The number of amides is 2. The van der Waals surface area contributed by atoms with E-state index in [1.54, 1.807) is 30.8 Å². The van der Waals surface area contributed by atoms with Crippen molar-refractivity contribution >= 4 is 40.3 Å². The second-order valence-electron chi connectivity index (χ2n) is 7.32. The average Bonchev–Trinajstić information content (AvgIpc) is 3.41. The fourth-order valence-electron chi connectivity index (χ4n) is 3.04. The second-order valence-corrected chi connectivity index (χ2v) is 8.38. The van der Waals surface area contributed by atoms with Gasteiger partial charge in [-0.05, 0) is 38.0 Å². The number of ether oxygens (including phenoxy) is 1. The van der Waals surface area contributed by atoms with E-state index in [-0.39, 0.29) is 34.8 Å². The summed E-state index contributed by atoms with van der Waals surface area (Å²) in [5, 5.41) is 9.61. The molecule has 3 heterocycles. The molecular formula is C21H17FN6O3S. The molecule has 1 aliphatic rings. The number of hydrogen-bond donors (Lipinski definition) is 2. The van der Waals surface area contributed by atoms with Crippen molar-refractivity contribution in [3.8, 4) is 11.6 Å². The summed E-state index contributed by atoms with van der Waals surface area (Å²) in [5.74, 6) is -0.153. The first kappa shape index (κ1) is 20.1. The second kappa shape index (κ2) is 8.00. The largest absolute Gasteiger partial charge is 0.438 e. The van der Waals surface area contributed by atoms with Crippen LogP contribution in [-0.4, -0.2) is 31.4 Å². The lowest BCUT2D eigenvalue weighted by Crippen LogP contribution is -2.14. The van der Waals surface area contributed by atoms with Crippen molar-refractivity contribution in [1.82, 2.24) is 19.6 Å². The van der Waals surface area contributed by atoms with Crippen molar-refractivity contribution in [3.05, 3.63) is 58.4 Å². The first-order valence-electron chi connectivity index (χ1n) is 9.82. The van der Waals surface area contributed by atoms with Crippen LogP contribution in [0.4, 0.5) is 15.9 Å².